The fourth-order valence-electron chi connectivity index (χ4n) is 2.74. The van der Waals surface area contributed by atoms with Gasteiger partial charge in [-0.15, -0.1) is 0 Å². The number of nitrogens with zero attached hydrogens (tertiary/aromatic N) is 1. The molecule has 148 valence electrons. The van der Waals surface area contributed by atoms with Gasteiger partial charge in [0.25, 0.3) is 0 Å². The number of hydrogen-bond donors (Lipinski definition) is 1. The number of furan rings is 1. The van der Waals surface area contributed by atoms with Crippen LogP contribution in [0.1, 0.15) is 33.1 Å². The maximum Gasteiger partial charge on any atom is 0.434 e. The fourth-order valence-corrected chi connectivity index (χ4v) is 2.74. The number of halogens is 5. The molecule has 0 radical (unpaired) electrons. The van der Waals surface area contributed by atoms with Gasteiger partial charge in [0.1, 0.15) is 22.7 Å². The number of carboxylic acids is 1. The van der Waals surface area contributed by atoms with Gasteiger partial charge in [-0.25, -0.2) is 9.78 Å². The molecule has 0 aliphatic heterocycles. The Hall–Kier alpha value is -3.17. The first-order chi connectivity index (χ1) is 12.9. The molecule has 1 N–H and O–H groups in total. The molecule has 10 heteroatoms. The number of pyridine rings is 1. The lowest BCUT2D eigenvalue weighted by Crippen LogP contribution is -2.27. The molecule has 0 spiro atoms. The number of fused-ring (bicyclic) bond motifs is 1. The Morgan fingerprint density at radius 3 is 2.39 bits per heavy atom. The minimum absolute atomic E-state index is 0.0172. The zero-order chi connectivity index (χ0) is 20.9. The van der Waals surface area contributed by atoms with Crippen molar-refractivity contribution in [2.45, 2.75) is 26.1 Å². The van der Waals surface area contributed by atoms with Gasteiger partial charge < -0.3 is 14.3 Å². The van der Waals surface area contributed by atoms with Crippen molar-refractivity contribution >= 4 is 16.9 Å². The number of rotatable bonds is 4. The van der Waals surface area contributed by atoms with E-state index in [1.807, 2.05) is 0 Å². The highest BCUT2D eigenvalue weighted by molar-refractivity contribution is 6.03. The summed E-state index contributed by atoms with van der Waals surface area (Å²) in [6.45, 7) is 2.62. The number of ether oxygens (including phenoxy) is 1. The summed E-state index contributed by atoms with van der Waals surface area (Å²) in [6, 6.07) is 4.80. The molecule has 0 aliphatic rings. The van der Waals surface area contributed by atoms with Crippen LogP contribution >= 0.6 is 0 Å². The van der Waals surface area contributed by atoms with Crippen LogP contribution in [0, 0.1) is 13.8 Å². The predicted molar refractivity (Wildman–Crippen MR) is 86.4 cm³/mol. The highest BCUT2D eigenvalue weighted by Crippen LogP contribution is 2.40. The Kier molecular flexibility index (Phi) is 4.52. The van der Waals surface area contributed by atoms with Crippen molar-refractivity contribution in [3.05, 3.63) is 58.6 Å². The lowest BCUT2D eigenvalue weighted by Gasteiger charge is -2.21. The summed E-state index contributed by atoms with van der Waals surface area (Å²) in [4.78, 5) is 14.5. The molecule has 2 aromatic heterocycles. The minimum Gasteiger partial charge on any atom is -0.478 e. The van der Waals surface area contributed by atoms with Crippen LogP contribution in [0.15, 0.2) is 34.7 Å². The molecule has 3 rings (SSSR count). The summed E-state index contributed by atoms with van der Waals surface area (Å²) < 4.78 is 78.1. The number of aromatic carboxylic acids is 1. The Morgan fingerprint density at radius 1 is 1.11 bits per heavy atom. The molecule has 1 aromatic carbocycles. The van der Waals surface area contributed by atoms with Crippen LogP contribution < -0.4 is 4.74 Å². The number of hydrogen-bond acceptors (Lipinski definition) is 4. The average molecular weight is 401 g/mol. The first kappa shape index (κ1) is 19.6. The number of aromatic nitrogens is 1. The third-order valence-corrected chi connectivity index (χ3v) is 3.91. The summed E-state index contributed by atoms with van der Waals surface area (Å²) in [5, 5.41) is 9.21. The Bertz CT molecular complexity index is 1070. The lowest BCUT2D eigenvalue weighted by molar-refractivity contribution is -0.196. The molecule has 0 aliphatic carbocycles. The Labute approximate surface area is 154 Å². The quantitative estimate of drug-likeness (QED) is 0.602. The van der Waals surface area contributed by atoms with E-state index < -0.39 is 35.3 Å². The maximum absolute atomic E-state index is 14.5. The summed E-state index contributed by atoms with van der Waals surface area (Å²) >= 11 is 0. The molecule has 28 heavy (non-hydrogen) atoms. The zero-order valence-electron chi connectivity index (χ0n) is 14.4. The van der Waals surface area contributed by atoms with Gasteiger partial charge in [0.2, 0.25) is 0 Å². The van der Waals surface area contributed by atoms with Crippen LogP contribution in [0.2, 0.25) is 0 Å². The number of aryl methyl sites for hydroxylation is 2. The van der Waals surface area contributed by atoms with E-state index in [1.165, 1.54) is 19.9 Å². The van der Waals surface area contributed by atoms with Crippen molar-refractivity contribution < 1.29 is 41.0 Å². The molecule has 0 unspecified atom stereocenters. The molecule has 2 heterocycles. The lowest BCUT2D eigenvalue weighted by atomic mass is 10.1. The number of alkyl halides is 5. The monoisotopic (exact) mass is 401 g/mol. The maximum atomic E-state index is 14.5. The third-order valence-electron chi connectivity index (χ3n) is 3.91. The van der Waals surface area contributed by atoms with Gasteiger partial charge >= 0.3 is 18.3 Å². The molecule has 0 saturated carbocycles. The van der Waals surface area contributed by atoms with Crippen LogP contribution in [0.25, 0.3) is 11.0 Å². The largest absolute Gasteiger partial charge is 0.478 e. The first-order valence-corrected chi connectivity index (χ1v) is 7.79. The number of carboxylic acid groups (broad SMARTS) is 1. The van der Waals surface area contributed by atoms with Crippen LogP contribution in [0.3, 0.4) is 0 Å². The standard InChI is InChI=1S/C18H12F5NO4/c1-8-3-5-12(15(24-8)17(19,20)21)18(22,23)28-10-4-6-13-11(7-10)14(16(25)26)9(2)27-13/h3-7H,1-2H3,(H,25,26). The van der Waals surface area contributed by atoms with Crippen molar-refractivity contribution in [1.29, 1.82) is 0 Å². The summed E-state index contributed by atoms with van der Waals surface area (Å²) in [7, 11) is 0. The fraction of sp³-hybridized carbons (Fsp3) is 0.222. The van der Waals surface area contributed by atoms with Crippen molar-refractivity contribution in [1.82, 2.24) is 4.98 Å². The van der Waals surface area contributed by atoms with Gasteiger partial charge in [0.05, 0.1) is 5.56 Å². The van der Waals surface area contributed by atoms with Gasteiger partial charge in [0, 0.05) is 11.1 Å². The van der Waals surface area contributed by atoms with Crippen LogP contribution in [-0.4, -0.2) is 16.1 Å². The molecular weight excluding hydrogens is 389 g/mol. The zero-order valence-corrected chi connectivity index (χ0v) is 14.4. The SMILES string of the molecule is Cc1ccc(C(F)(F)Oc2ccc3oc(C)c(C(=O)O)c3c2)c(C(F)(F)F)n1. The molecule has 0 bridgehead atoms. The second-order valence-corrected chi connectivity index (χ2v) is 5.96. The molecular formula is C18H12F5NO4. The summed E-state index contributed by atoms with van der Waals surface area (Å²) in [5.74, 6) is -1.83. The smallest absolute Gasteiger partial charge is 0.434 e. The first-order valence-electron chi connectivity index (χ1n) is 7.79. The van der Waals surface area contributed by atoms with Gasteiger partial charge in [-0.1, -0.05) is 0 Å². The van der Waals surface area contributed by atoms with E-state index in [2.05, 4.69) is 9.72 Å². The van der Waals surface area contributed by atoms with E-state index in [4.69, 9.17) is 4.42 Å². The molecule has 0 saturated heterocycles. The highest BCUT2D eigenvalue weighted by atomic mass is 19.4. The van der Waals surface area contributed by atoms with Crippen molar-refractivity contribution in [3.63, 3.8) is 0 Å². The van der Waals surface area contributed by atoms with E-state index in [9.17, 15) is 31.9 Å². The molecule has 5 nitrogen and oxygen atoms in total. The minimum atomic E-state index is -5.11. The molecule has 0 atom stereocenters. The Balaban J connectivity index is 2.06. The van der Waals surface area contributed by atoms with Gasteiger partial charge in [-0.3, -0.25) is 0 Å². The van der Waals surface area contributed by atoms with Crippen molar-refractivity contribution in [3.8, 4) is 5.75 Å². The Morgan fingerprint density at radius 2 is 1.79 bits per heavy atom. The summed E-state index contributed by atoms with van der Waals surface area (Å²) in [5.41, 5.74) is -3.44. The highest BCUT2D eigenvalue weighted by Gasteiger charge is 2.46. The molecule has 3 aromatic rings. The molecule has 0 fully saturated rings. The van der Waals surface area contributed by atoms with Crippen LogP contribution in [0.4, 0.5) is 22.0 Å². The third kappa shape index (κ3) is 3.49. The second-order valence-electron chi connectivity index (χ2n) is 5.96. The van der Waals surface area contributed by atoms with Crippen molar-refractivity contribution in [2.75, 3.05) is 0 Å². The number of carbonyl (C=O) groups is 1. The van der Waals surface area contributed by atoms with Gasteiger partial charge in [-0.05, 0) is 44.2 Å². The van der Waals surface area contributed by atoms with Gasteiger partial charge in [-0.2, -0.15) is 22.0 Å². The van der Waals surface area contributed by atoms with Crippen LogP contribution in [-0.2, 0) is 12.3 Å². The van der Waals surface area contributed by atoms with Crippen LogP contribution in [0.5, 0.6) is 5.75 Å². The topological polar surface area (TPSA) is 72.6 Å². The van der Waals surface area contributed by atoms with E-state index in [1.54, 1.807) is 0 Å². The van der Waals surface area contributed by atoms with Crippen molar-refractivity contribution in [2.24, 2.45) is 0 Å². The predicted octanol–water partition coefficient (Wildman–Crippen LogP) is 5.29. The van der Waals surface area contributed by atoms with E-state index in [0.29, 0.717) is 6.07 Å². The molecule has 0 amide bonds. The number of benzene rings is 1. The van der Waals surface area contributed by atoms with E-state index in [-0.39, 0.29) is 28.0 Å². The average Bonchev–Trinajstić information content (AvgIpc) is 2.88. The van der Waals surface area contributed by atoms with E-state index >= 15 is 0 Å². The second kappa shape index (κ2) is 6.47. The van der Waals surface area contributed by atoms with E-state index in [0.717, 1.165) is 18.2 Å². The van der Waals surface area contributed by atoms with Gasteiger partial charge in [0.15, 0.2) is 5.69 Å². The normalized spacial score (nSPS) is 12.4. The summed E-state index contributed by atoms with van der Waals surface area (Å²) in [6.07, 6.45) is -9.49.